The number of benzene rings is 3. The van der Waals surface area contributed by atoms with Crippen molar-refractivity contribution in [3.8, 4) is 0 Å². The number of para-hydroxylation sites is 1. The summed E-state index contributed by atoms with van der Waals surface area (Å²) in [5.74, 6) is -0.390. The Hall–Kier alpha value is -3.65. The Morgan fingerprint density at radius 1 is 0.879 bits per heavy atom. The first-order chi connectivity index (χ1) is 15.7. The monoisotopic (exact) mass is 463 g/mol. The molecule has 170 valence electrons. The Morgan fingerprint density at radius 3 is 2.24 bits per heavy atom. The van der Waals surface area contributed by atoms with E-state index < -0.39 is 22.0 Å². The average molecular weight is 464 g/mol. The summed E-state index contributed by atoms with van der Waals surface area (Å²) in [6, 6.07) is 18.4. The van der Waals surface area contributed by atoms with Crippen molar-refractivity contribution >= 4 is 33.3 Å². The quantitative estimate of drug-likeness (QED) is 0.618. The smallest absolute Gasteiger partial charge is 0.343 e. The molecular weight excluding hydrogens is 438 g/mol. The Bertz CT molecular complexity index is 1330. The lowest BCUT2D eigenvalue weighted by molar-refractivity contribution is -0.119. The van der Waals surface area contributed by atoms with Gasteiger partial charge in [-0.1, -0.05) is 59.7 Å². The van der Waals surface area contributed by atoms with Crippen LogP contribution in [0.3, 0.4) is 0 Å². The lowest BCUT2D eigenvalue weighted by atomic mass is 10.1. The van der Waals surface area contributed by atoms with Gasteiger partial charge in [-0.2, -0.15) is 4.31 Å². The first kappa shape index (κ1) is 22.5. The molecule has 0 atom stereocenters. The van der Waals surface area contributed by atoms with E-state index in [0.717, 1.165) is 21.0 Å². The van der Waals surface area contributed by atoms with E-state index >= 15 is 0 Å². The third-order valence-corrected chi connectivity index (χ3v) is 7.30. The highest BCUT2D eigenvalue weighted by atomic mass is 32.2. The van der Waals surface area contributed by atoms with Gasteiger partial charge in [-0.25, -0.2) is 13.2 Å². The van der Waals surface area contributed by atoms with Crippen molar-refractivity contribution in [2.24, 2.45) is 0 Å². The van der Waals surface area contributed by atoms with Gasteiger partial charge in [-0.3, -0.25) is 9.69 Å². The van der Waals surface area contributed by atoms with E-state index in [9.17, 15) is 18.0 Å². The fourth-order valence-corrected chi connectivity index (χ4v) is 5.49. The molecule has 0 aliphatic carbocycles. The maximum absolute atomic E-state index is 13.5. The zero-order valence-electron chi connectivity index (χ0n) is 18.7. The molecule has 3 aromatic carbocycles. The van der Waals surface area contributed by atoms with E-state index in [0.29, 0.717) is 12.1 Å². The molecule has 33 heavy (non-hydrogen) atoms. The number of sulfonamides is 1. The molecule has 0 unspecified atom stereocenters. The molecule has 0 bridgehead atoms. The summed E-state index contributed by atoms with van der Waals surface area (Å²) < 4.78 is 27.6. The Morgan fingerprint density at radius 2 is 1.55 bits per heavy atom. The molecule has 8 heteroatoms. The van der Waals surface area contributed by atoms with Crippen LogP contribution in [0.25, 0.3) is 0 Å². The summed E-state index contributed by atoms with van der Waals surface area (Å²) >= 11 is 0. The number of carbonyl (C=O) groups is 2. The predicted molar refractivity (Wildman–Crippen MR) is 128 cm³/mol. The fraction of sp³-hybridized carbons (Fsp3) is 0.200. The van der Waals surface area contributed by atoms with Crippen molar-refractivity contribution in [3.63, 3.8) is 0 Å². The number of fused-ring (bicyclic) bond motifs is 1. The highest BCUT2D eigenvalue weighted by Gasteiger charge is 2.43. The number of aryl methyl sites for hydroxylation is 3. The van der Waals surface area contributed by atoms with Crippen LogP contribution in [0.2, 0.25) is 0 Å². The van der Waals surface area contributed by atoms with Gasteiger partial charge in [-0.05, 0) is 50.1 Å². The van der Waals surface area contributed by atoms with Crippen LogP contribution in [0, 0.1) is 20.8 Å². The molecule has 1 aliphatic rings. The Labute approximate surface area is 193 Å². The van der Waals surface area contributed by atoms with Crippen LogP contribution >= 0.6 is 0 Å². The number of hydrogen-bond acceptors (Lipinski definition) is 4. The van der Waals surface area contributed by atoms with E-state index in [1.165, 1.54) is 17.0 Å². The number of rotatable bonds is 5. The minimum absolute atomic E-state index is 0.0177. The number of nitrogens with zero attached hydrogens (tertiary/aromatic N) is 2. The van der Waals surface area contributed by atoms with Crippen LogP contribution in [0.15, 0.2) is 71.6 Å². The standard InChI is InChI=1S/C25H25N3O4S/c1-17-8-11-20(12-9-17)15-26-24(29)16-27-22-6-4-5-7-23(22)33(31,32)28(25(27)30)21-13-10-18(2)14-19(21)3/h4-14H,15-16H2,1-3H3,(H,26,29). The summed E-state index contributed by atoms with van der Waals surface area (Å²) in [6.07, 6.45) is 0. The molecule has 3 amide bonds. The molecule has 0 fully saturated rings. The highest BCUT2D eigenvalue weighted by molar-refractivity contribution is 7.94. The first-order valence-electron chi connectivity index (χ1n) is 10.5. The highest BCUT2D eigenvalue weighted by Crippen LogP contribution is 2.38. The maximum atomic E-state index is 13.5. The minimum Gasteiger partial charge on any atom is -0.350 e. The van der Waals surface area contributed by atoms with Crippen molar-refractivity contribution in [1.82, 2.24) is 5.32 Å². The second-order valence-corrected chi connectivity index (χ2v) is 9.91. The van der Waals surface area contributed by atoms with E-state index in [4.69, 9.17) is 0 Å². The summed E-state index contributed by atoms with van der Waals surface area (Å²) in [7, 11) is -4.14. The first-order valence-corrected chi connectivity index (χ1v) is 12.0. The molecule has 3 aromatic rings. The summed E-state index contributed by atoms with van der Waals surface area (Å²) in [4.78, 5) is 27.4. The van der Waals surface area contributed by atoms with Crippen LogP contribution in [-0.4, -0.2) is 26.9 Å². The maximum Gasteiger partial charge on any atom is 0.343 e. The summed E-state index contributed by atoms with van der Waals surface area (Å²) in [5, 5.41) is 2.81. The summed E-state index contributed by atoms with van der Waals surface area (Å²) in [5.41, 5.74) is 4.10. The summed E-state index contributed by atoms with van der Waals surface area (Å²) in [6.45, 7) is 5.63. The number of amides is 3. The van der Waals surface area contributed by atoms with Gasteiger partial charge >= 0.3 is 6.03 Å². The Balaban J connectivity index is 1.66. The number of urea groups is 1. The van der Waals surface area contributed by atoms with E-state index in [1.807, 2.05) is 44.2 Å². The van der Waals surface area contributed by atoms with E-state index in [2.05, 4.69) is 5.32 Å². The molecular formula is C25H25N3O4S. The molecule has 0 saturated heterocycles. The molecule has 1 heterocycles. The van der Waals surface area contributed by atoms with Gasteiger partial charge in [0.05, 0.1) is 11.4 Å². The van der Waals surface area contributed by atoms with Crippen LogP contribution in [-0.2, 0) is 21.4 Å². The van der Waals surface area contributed by atoms with Crippen molar-refractivity contribution in [2.45, 2.75) is 32.2 Å². The van der Waals surface area contributed by atoms with Crippen molar-refractivity contribution in [2.75, 3.05) is 15.7 Å². The number of nitrogens with one attached hydrogen (secondary N) is 1. The zero-order chi connectivity index (χ0) is 23.8. The third kappa shape index (κ3) is 4.34. The van der Waals surface area contributed by atoms with Crippen LogP contribution in [0.5, 0.6) is 0 Å². The molecule has 0 radical (unpaired) electrons. The molecule has 1 aliphatic heterocycles. The lowest BCUT2D eigenvalue weighted by Crippen LogP contribution is -2.53. The molecule has 0 spiro atoms. The van der Waals surface area contributed by atoms with Gasteiger partial charge in [0, 0.05) is 6.54 Å². The molecule has 7 nitrogen and oxygen atoms in total. The van der Waals surface area contributed by atoms with Crippen molar-refractivity contribution in [1.29, 1.82) is 0 Å². The second-order valence-electron chi connectivity index (χ2n) is 8.16. The minimum atomic E-state index is -4.14. The van der Waals surface area contributed by atoms with Gasteiger partial charge in [0.2, 0.25) is 5.91 Å². The normalized spacial score (nSPS) is 14.7. The third-order valence-electron chi connectivity index (χ3n) is 5.56. The number of anilines is 2. The molecule has 0 saturated carbocycles. The van der Waals surface area contributed by atoms with Gasteiger partial charge in [0.1, 0.15) is 11.4 Å². The molecule has 0 aromatic heterocycles. The average Bonchev–Trinajstić information content (AvgIpc) is 2.78. The van der Waals surface area contributed by atoms with E-state index in [1.54, 1.807) is 31.2 Å². The molecule has 1 N–H and O–H groups in total. The van der Waals surface area contributed by atoms with Crippen LogP contribution in [0.1, 0.15) is 22.3 Å². The Kier molecular flexibility index (Phi) is 5.95. The van der Waals surface area contributed by atoms with Gasteiger partial charge in [-0.15, -0.1) is 0 Å². The SMILES string of the molecule is Cc1ccc(CNC(=O)CN2C(=O)N(c3ccc(C)cc3C)S(=O)(=O)c3ccccc32)cc1. The van der Waals surface area contributed by atoms with Gasteiger partial charge < -0.3 is 5.32 Å². The number of hydrogen-bond donors (Lipinski definition) is 1. The lowest BCUT2D eigenvalue weighted by Gasteiger charge is -2.36. The van der Waals surface area contributed by atoms with Crippen LogP contribution < -0.4 is 14.5 Å². The fourth-order valence-electron chi connectivity index (χ4n) is 3.84. The topological polar surface area (TPSA) is 86.8 Å². The predicted octanol–water partition coefficient (Wildman–Crippen LogP) is 4.06. The largest absolute Gasteiger partial charge is 0.350 e. The van der Waals surface area contributed by atoms with Gasteiger partial charge in [0.25, 0.3) is 10.0 Å². The molecule has 4 rings (SSSR count). The van der Waals surface area contributed by atoms with Gasteiger partial charge in [0.15, 0.2) is 0 Å². The van der Waals surface area contributed by atoms with Crippen molar-refractivity contribution < 1.29 is 18.0 Å². The van der Waals surface area contributed by atoms with Crippen molar-refractivity contribution in [3.05, 3.63) is 89.0 Å². The number of carbonyl (C=O) groups excluding carboxylic acids is 2. The van der Waals surface area contributed by atoms with E-state index in [-0.39, 0.29) is 22.8 Å². The van der Waals surface area contributed by atoms with Crippen LogP contribution in [0.4, 0.5) is 16.2 Å². The second kappa shape index (κ2) is 8.71. The zero-order valence-corrected chi connectivity index (χ0v) is 19.5.